The van der Waals surface area contributed by atoms with Crippen molar-refractivity contribution in [1.29, 1.82) is 0 Å². The zero-order valence-corrected chi connectivity index (χ0v) is 19.7. The molecule has 0 unspecified atom stereocenters. The van der Waals surface area contributed by atoms with Gasteiger partial charge in [0.1, 0.15) is 0 Å². The van der Waals surface area contributed by atoms with Crippen LogP contribution in [0.1, 0.15) is 46.4 Å². The lowest BCUT2D eigenvalue weighted by atomic mass is 9.79. The van der Waals surface area contributed by atoms with Crippen molar-refractivity contribution >= 4 is 18.2 Å². The number of hydrogen-bond donors (Lipinski definition) is 0. The highest BCUT2D eigenvalue weighted by atomic mass is 16.7. The molecular weight excluding hydrogens is 407 g/mol. The van der Waals surface area contributed by atoms with Gasteiger partial charge >= 0.3 is 7.12 Å². The Hall–Kier alpha value is -3.02. The number of benzene rings is 2. The second-order valence-corrected chi connectivity index (χ2v) is 9.68. The molecule has 5 rings (SSSR count). The summed E-state index contributed by atoms with van der Waals surface area (Å²) in [7, 11) is -0.373. The van der Waals surface area contributed by atoms with Crippen LogP contribution in [0.25, 0.3) is 28.1 Å². The first-order valence-electron chi connectivity index (χ1n) is 11.6. The molecule has 0 radical (unpaired) electrons. The van der Waals surface area contributed by atoms with Gasteiger partial charge in [-0.25, -0.2) is 9.97 Å². The molecule has 2 heterocycles. The molecular formula is C28H29BN2O2. The van der Waals surface area contributed by atoms with Gasteiger partial charge < -0.3 is 9.31 Å². The highest BCUT2D eigenvalue weighted by Crippen LogP contribution is 2.36. The van der Waals surface area contributed by atoms with Crippen LogP contribution >= 0.6 is 0 Å². The molecule has 5 heteroatoms. The summed E-state index contributed by atoms with van der Waals surface area (Å²) in [5.41, 5.74) is 5.31. The molecule has 2 aliphatic rings. The van der Waals surface area contributed by atoms with Gasteiger partial charge in [0.15, 0.2) is 5.82 Å². The van der Waals surface area contributed by atoms with Crippen LogP contribution in [0.5, 0.6) is 0 Å². The number of nitrogens with zero attached hydrogens (tertiary/aromatic N) is 2. The molecule has 0 amide bonds. The van der Waals surface area contributed by atoms with Gasteiger partial charge in [-0.3, -0.25) is 0 Å². The predicted molar refractivity (Wildman–Crippen MR) is 135 cm³/mol. The molecule has 0 spiro atoms. The molecule has 1 aromatic heterocycles. The van der Waals surface area contributed by atoms with Crippen LogP contribution in [0, 0.1) is 0 Å². The summed E-state index contributed by atoms with van der Waals surface area (Å²) in [6.07, 6.45) is 8.61. The number of allylic oxidation sites excluding steroid dienone is 4. The van der Waals surface area contributed by atoms with Crippen LogP contribution < -0.4 is 5.46 Å². The molecule has 1 fully saturated rings. The Morgan fingerprint density at radius 3 is 1.94 bits per heavy atom. The van der Waals surface area contributed by atoms with E-state index < -0.39 is 0 Å². The van der Waals surface area contributed by atoms with Gasteiger partial charge in [-0.15, -0.1) is 0 Å². The van der Waals surface area contributed by atoms with Gasteiger partial charge in [0.05, 0.1) is 22.6 Å². The van der Waals surface area contributed by atoms with Crippen LogP contribution in [0.4, 0.5) is 0 Å². The molecule has 2 aromatic carbocycles. The molecule has 33 heavy (non-hydrogen) atoms. The van der Waals surface area contributed by atoms with E-state index >= 15 is 0 Å². The predicted octanol–water partition coefficient (Wildman–Crippen LogP) is 5.84. The molecule has 0 atom stereocenters. The highest BCUT2D eigenvalue weighted by Gasteiger charge is 2.51. The zero-order chi connectivity index (χ0) is 23.1. The summed E-state index contributed by atoms with van der Waals surface area (Å²) >= 11 is 0. The largest absolute Gasteiger partial charge is 0.494 e. The Balaban J connectivity index is 1.51. The van der Waals surface area contributed by atoms with Gasteiger partial charge in [0.25, 0.3) is 0 Å². The third-order valence-corrected chi connectivity index (χ3v) is 6.78. The Bertz CT molecular complexity index is 1200. The van der Waals surface area contributed by atoms with E-state index in [0.717, 1.165) is 52.2 Å². The third kappa shape index (κ3) is 4.31. The van der Waals surface area contributed by atoms with E-state index in [4.69, 9.17) is 19.3 Å². The molecule has 1 aliphatic heterocycles. The maximum atomic E-state index is 6.21. The first-order chi connectivity index (χ1) is 15.8. The lowest BCUT2D eigenvalue weighted by Crippen LogP contribution is -2.41. The minimum Gasteiger partial charge on any atom is -0.399 e. The van der Waals surface area contributed by atoms with Crippen molar-refractivity contribution in [3.63, 3.8) is 0 Å². The second kappa shape index (κ2) is 8.40. The van der Waals surface area contributed by atoms with Crippen molar-refractivity contribution in [2.45, 2.75) is 51.7 Å². The number of hydrogen-bond acceptors (Lipinski definition) is 4. The van der Waals surface area contributed by atoms with Crippen molar-refractivity contribution in [3.8, 4) is 22.5 Å². The first-order valence-corrected chi connectivity index (χ1v) is 11.6. The van der Waals surface area contributed by atoms with Crippen molar-refractivity contribution in [2.75, 3.05) is 0 Å². The van der Waals surface area contributed by atoms with Crippen molar-refractivity contribution in [3.05, 3.63) is 84.7 Å². The zero-order valence-electron chi connectivity index (χ0n) is 19.7. The summed E-state index contributed by atoms with van der Waals surface area (Å²) in [5, 5.41) is 0. The summed E-state index contributed by atoms with van der Waals surface area (Å²) in [5.74, 6) is 0.761. The Kier molecular flexibility index (Phi) is 5.55. The van der Waals surface area contributed by atoms with Crippen molar-refractivity contribution < 1.29 is 9.31 Å². The minimum absolute atomic E-state index is 0.357. The van der Waals surface area contributed by atoms with E-state index in [1.165, 1.54) is 0 Å². The molecule has 1 saturated heterocycles. The van der Waals surface area contributed by atoms with Crippen LogP contribution in [-0.2, 0) is 9.31 Å². The van der Waals surface area contributed by atoms with Crippen molar-refractivity contribution in [2.24, 2.45) is 0 Å². The molecule has 3 aromatic rings. The standard InChI is InChI=1S/C28H29BN2O2/c1-27(2)28(3,4)33-29(32-27)23-17-15-21(16-18-23)25-19-24(20-11-7-5-8-12-20)30-26(31-25)22-13-9-6-10-14-22/h5,7-9,11-19H,6,10H2,1-4H3. The van der Waals surface area contributed by atoms with Crippen LogP contribution in [0.2, 0.25) is 0 Å². The van der Waals surface area contributed by atoms with E-state index in [2.05, 4.69) is 88.4 Å². The van der Waals surface area contributed by atoms with Gasteiger partial charge in [0.2, 0.25) is 0 Å². The average Bonchev–Trinajstić information content (AvgIpc) is 3.07. The summed E-state index contributed by atoms with van der Waals surface area (Å²) in [6, 6.07) is 20.7. The quantitative estimate of drug-likeness (QED) is 0.482. The molecule has 0 bridgehead atoms. The fraction of sp³-hybridized carbons (Fsp3) is 0.286. The molecule has 1 aliphatic carbocycles. The summed E-state index contributed by atoms with van der Waals surface area (Å²) < 4.78 is 12.4. The van der Waals surface area contributed by atoms with Gasteiger partial charge in [0, 0.05) is 16.7 Å². The lowest BCUT2D eigenvalue weighted by molar-refractivity contribution is 0.00578. The number of rotatable bonds is 4. The topological polar surface area (TPSA) is 44.2 Å². The van der Waals surface area contributed by atoms with Gasteiger partial charge in [-0.2, -0.15) is 0 Å². The summed E-state index contributed by atoms with van der Waals surface area (Å²) in [4.78, 5) is 9.83. The van der Waals surface area contributed by atoms with Crippen LogP contribution in [0.3, 0.4) is 0 Å². The third-order valence-electron chi connectivity index (χ3n) is 6.78. The second-order valence-electron chi connectivity index (χ2n) is 9.68. The van der Waals surface area contributed by atoms with Gasteiger partial charge in [-0.05, 0) is 52.1 Å². The minimum atomic E-state index is -0.373. The highest BCUT2D eigenvalue weighted by molar-refractivity contribution is 6.62. The normalized spacial score (nSPS) is 18.9. The molecule has 166 valence electrons. The Morgan fingerprint density at radius 1 is 0.758 bits per heavy atom. The SMILES string of the molecule is CC1(C)OB(c2ccc(-c3cc(-c4ccccc4)nc(C4=CCCC=C4)n3)cc2)OC1(C)C. The van der Waals surface area contributed by atoms with E-state index in [-0.39, 0.29) is 18.3 Å². The van der Waals surface area contributed by atoms with E-state index in [9.17, 15) is 0 Å². The lowest BCUT2D eigenvalue weighted by Gasteiger charge is -2.32. The monoisotopic (exact) mass is 436 g/mol. The fourth-order valence-corrected chi connectivity index (χ4v) is 4.05. The molecule has 0 saturated carbocycles. The molecule has 4 nitrogen and oxygen atoms in total. The smallest absolute Gasteiger partial charge is 0.399 e. The number of aromatic nitrogens is 2. The van der Waals surface area contributed by atoms with Crippen LogP contribution in [0.15, 0.2) is 78.9 Å². The fourth-order valence-electron chi connectivity index (χ4n) is 4.05. The van der Waals surface area contributed by atoms with Gasteiger partial charge in [-0.1, -0.05) is 72.8 Å². The Morgan fingerprint density at radius 2 is 1.36 bits per heavy atom. The van der Waals surface area contributed by atoms with E-state index in [1.807, 2.05) is 18.2 Å². The first kappa shape index (κ1) is 21.8. The molecule has 0 N–H and O–H groups in total. The maximum absolute atomic E-state index is 6.21. The maximum Gasteiger partial charge on any atom is 0.494 e. The van der Waals surface area contributed by atoms with Crippen molar-refractivity contribution in [1.82, 2.24) is 9.97 Å². The van der Waals surface area contributed by atoms with E-state index in [1.54, 1.807) is 0 Å². The average molecular weight is 436 g/mol. The van der Waals surface area contributed by atoms with E-state index in [0.29, 0.717) is 0 Å². The summed E-state index contributed by atoms with van der Waals surface area (Å²) in [6.45, 7) is 8.29. The van der Waals surface area contributed by atoms with Crippen LogP contribution in [-0.4, -0.2) is 28.3 Å². The Labute approximate surface area is 196 Å².